The fourth-order valence-electron chi connectivity index (χ4n) is 2.13. The van der Waals surface area contributed by atoms with Gasteiger partial charge in [-0.25, -0.2) is 4.98 Å². The maximum Gasteiger partial charge on any atom is 0.201 e. The van der Waals surface area contributed by atoms with Gasteiger partial charge in [0.05, 0.1) is 18.1 Å². The van der Waals surface area contributed by atoms with Crippen LogP contribution < -0.4 is 10.5 Å². The number of aromatic nitrogens is 2. The second kappa shape index (κ2) is 6.61. The Balaban J connectivity index is 2.01. The minimum absolute atomic E-state index is 0.539. The van der Waals surface area contributed by atoms with Crippen molar-refractivity contribution in [2.75, 3.05) is 26.1 Å². The molecule has 0 aliphatic carbocycles. The number of imidazole rings is 1. The average Bonchev–Trinajstić information content (AvgIpc) is 2.73. The molecule has 0 bridgehead atoms. The summed E-state index contributed by atoms with van der Waals surface area (Å²) in [6, 6.07) is 5.82. The quantitative estimate of drug-likeness (QED) is 0.790. The van der Waals surface area contributed by atoms with Gasteiger partial charge >= 0.3 is 0 Å². The summed E-state index contributed by atoms with van der Waals surface area (Å²) in [5, 5.41) is 0. The van der Waals surface area contributed by atoms with Crippen molar-refractivity contribution in [3.63, 3.8) is 0 Å². The van der Waals surface area contributed by atoms with E-state index < -0.39 is 0 Å². The van der Waals surface area contributed by atoms with Gasteiger partial charge in [0, 0.05) is 25.8 Å². The van der Waals surface area contributed by atoms with Crippen molar-refractivity contribution in [1.82, 2.24) is 9.55 Å². The lowest BCUT2D eigenvalue weighted by atomic mass is 10.2. The van der Waals surface area contributed by atoms with Crippen LogP contribution in [0.2, 0.25) is 0 Å². The smallest absolute Gasteiger partial charge is 0.201 e. The zero-order valence-corrected chi connectivity index (χ0v) is 12.4. The molecule has 1 aromatic heterocycles. The Labute approximate surface area is 119 Å². The SMILES string of the molecule is COc1ccc2c(c1)nc(N)n2CCCOCC(C)C. The lowest BCUT2D eigenvalue weighted by Gasteiger charge is -2.09. The van der Waals surface area contributed by atoms with Crippen LogP contribution >= 0.6 is 0 Å². The molecule has 0 saturated carbocycles. The number of benzene rings is 1. The number of nitrogens with zero attached hydrogens (tertiary/aromatic N) is 2. The molecule has 110 valence electrons. The molecule has 5 nitrogen and oxygen atoms in total. The topological polar surface area (TPSA) is 62.3 Å². The van der Waals surface area contributed by atoms with Gasteiger partial charge in [0.25, 0.3) is 0 Å². The van der Waals surface area contributed by atoms with Crippen molar-refractivity contribution in [1.29, 1.82) is 0 Å². The molecule has 2 aromatic rings. The van der Waals surface area contributed by atoms with E-state index in [1.807, 2.05) is 22.8 Å². The van der Waals surface area contributed by atoms with Crippen LogP contribution in [0.3, 0.4) is 0 Å². The van der Waals surface area contributed by atoms with E-state index in [2.05, 4.69) is 18.8 Å². The summed E-state index contributed by atoms with van der Waals surface area (Å²) >= 11 is 0. The van der Waals surface area contributed by atoms with Crippen molar-refractivity contribution in [2.24, 2.45) is 5.92 Å². The molecule has 0 fully saturated rings. The molecule has 1 aromatic carbocycles. The van der Waals surface area contributed by atoms with E-state index in [4.69, 9.17) is 15.2 Å². The number of rotatable bonds is 7. The summed E-state index contributed by atoms with van der Waals surface area (Å²) in [5.74, 6) is 1.90. The van der Waals surface area contributed by atoms with Crippen LogP contribution in [0.5, 0.6) is 5.75 Å². The first-order chi connectivity index (χ1) is 9.61. The van der Waals surface area contributed by atoms with Crippen LogP contribution in [0.25, 0.3) is 11.0 Å². The van der Waals surface area contributed by atoms with Crippen LogP contribution in [-0.2, 0) is 11.3 Å². The third kappa shape index (κ3) is 3.42. The summed E-state index contributed by atoms with van der Waals surface area (Å²) in [7, 11) is 1.65. The molecule has 0 aliphatic rings. The first-order valence-corrected chi connectivity index (χ1v) is 6.99. The van der Waals surface area contributed by atoms with Crippen LogP contribution in [0.1, 0.15) is 20.3 Å². The van der Waals surface area contributed by atoms with E-state index in [1.54, 1.807) is 7.11 Å². The van der Waals surface area contributed by atoms with Gasteiger partial charge in [0.1, 0.15) is 5.75 Å². The maximum absolute atomic E-state index is 5.98. The molecule has 0 aliphatic heterocycles. The summed E-state index contributed by atoms with van der Waals surface area (Å²) in [6.45, 7) is 6.65. The number of hydrogen-bond acceptors (Lipinski definition) is 4. The van der Waals surface area contributed by atoms with Crippen LogP contribution in [-0.4, -0.2) is 29.9 Å². The standard InChI is InChI=1S/C15H23N3O2/c1-11(2)10-20-8-4-7-18-14-6-5-12(19-3)9-13(14)17-15(18)16/h5-6,9,11H,4,7-8,10H2,1-3H3,(H2,16,17). The average molecular weight is 277 g/mol. The fourth-order valence-corrected chi connectivity index (χ4v) is 2.13. The number of aryl methyl sites for hydroxylation is 1. The number of anilines is 1. The molecule has 0 atom stereocenters. The molecule has 0 saturated heterocycles. The largest absolute Gasteiger partial charge is 0.497 e. The second-order valence-electron chi connectivity index (χ2n) is 5.30. The molecule has 0 unspecified atom stereocenters. The Morgan fingerprint density at radius 3 is 2.85 bits per heavy atom. The number of hydrogen-bond donors (Lipinski definition) is 1. The molecule has 20 heavy (non-hydrogen) atoms. The highest BCUT2D eigenvalue weighted by Crippen LogP contribution is 2.23. The van der Waals surface area contributed by atoms with Crippen LogP contribution in [0, 0.1) is 5.92 Å². The van der Waals surface area contributed by atoms with E-state index in [0.29, 0.717) is 11.9 Å². The fraction of sp³-hybridized carbons (Fsp3) is 0.533. The molecule has 0 spiro atoms. The predicted molar refractivity (Wildman–Crippen MR) is 81.0 cm³/mol. The third-order valence-electron chi connectivity index (χ3n) is 3.11. The Hall–Kier alpha value is -1.75. The Morgan fingerprint density at radius 2 is 2.15 bits per heavy atom. The highest BCUT2D eigenvalue weighted by Gasteiger charge is 2.08. The van der Waals surface area contributed by atoms with Gasteiger partial charge in [-0.3, -0.25) is 0 Å². The Morgan fingerprint density at radius 1 is 1.35 bits per heavy atom. The molecule has 2 rings (SSSR count). The molecule has 0 radical (unpaired) electrons. The zero-order chi connectivity index (χ0) is 14.5. The molecule has 1 heterocycles. The number of ether oxygens (including phenoxy) is 2. The molecule has 2 N–H and O–H groups in total. The van der Waals surface area contributed by atoms with Crippen molar-refractivity contribution >= 4 is 17.0 Å². The van der Waals surface area contributed by atoms with Crippen molar-refractivity contribution < 1.29 is 9.47 Å². The van der Waals surface area contributed by atoms with E-state index >= 15 is 0 Å². The highest BCUT2D eigenvalue weighted by molar-refractivity contribution is 5.79. The molecular weight excluding hydrogens is 254 g/mol. The zero-order valence-electron chi connectivity index (χ0n) is 12.4. The van der Waals surface area contributed by atoms with Crippen LogP contribution in [0.4, 0.5) is 5.95 Å². The summed E-state index contributed by atoms with van der Waals surface area (Å²) in [4.78, 5) is 4.37. The van der Waals surface area contributed by atoms with Crippen molar-refractivity contribution in [2.45, 2.75) is 26.8 Å². The van der Waals surface area contributed by atoms with Gasteiger partial charge in [0.15, 0.2) is 0 Å². The monoisotopic (exact) mass is 277 g/mol. The molecule has 0 amide bonds. The van der Waals surface area contributed by atoms with Gasteiger partial charge < -0.3 is 19.8 Å². The van der Waals surface area contributed by atoms with E-state index in [1.165, 1.54) is 0 Å². The minimum atomic E-state index is 0.539. The molecular formula is C15H23N3O2. The van der Waals surface area contributed by atoms with Gasteiger partial charge in [-0.05, 0) is 24.5 Å². The van der Waals surface area contributed by atoms with E-state index in [-0.39, 0.29) is 0 Å². The van der Waals surface area contributed by atoms with Crippen molar-refractivity contribution in [3.8, 4) is 5.75 Å². The highest BCUT2D eigenvalue weighted by atomic mass is 16.5. The van der Waals surface area contributed by atoms with E-state index in [0.717, 1.165) is 43.0 Å². The number of nitrogen functional groups attached to an aromatic ring is 1. The normalized spacial score (nSPS) is 11.4. The Kier molecular flexibility index (Phi) is 4.84. The second-order valence-corrected chi connectivity index (χ2v) is 5.30. The lowest BCUT2D eigenvalue weighted by molar-refractivity contribution is 0.105. The first-order valence-electron chi connectivity index (χ1n) is 6.99. The lowest BCUT2D eigenvalue weighted by Crippen LogP contribution is -2.08. The van der Waals surface area contributed by atoms with Gasteiger partial charge in [-0.15, -0.1) is 0 Å². The molecule has 5 heteroatoms. The summed E-state index contributed by atoms with van der Waals surface area (Å²) < 4.78 is 12.8. The Bertz CT molecular complexity index is 563. The summed E-state index contributed by atoms with van der Waals surface area (Å²) in [5.41, 5.74) is 7.88. The van der Waals surface area contributed by atoms with Crippen LogP contribution in [0.15, 0.2) is 18.2 Å². The van der Waals surface area contributed by atoms with Crippen molar-refractivity contribution in [3.05, 3.63) is 18.2 Å². The van der Waals surface area contributed by atoms with Gasteiger partial charge in [0.2, 0.25) is 5.95 Å². The number of nitrogens with two attached hydrogens (primary N) is 1. The van der Waals surface area contributed by atoms with Gasteiger partial charge in [-0.1, -0.05) is 13.8 Å². The predicted octanol–water partition coefficient (Wildman–Crippen LogP) is 2.69. The van der Waals surface area contributed by atoms with Gasteiger partial charge in [-0.2, -0.15) is 0 Å². The number of methoxy groups -OCH3 is 1. The summed E-state index contributed by atoms with van der Waals surface area (Å²) in [6.07, 6.45) is 0.925. The minimum Gasteiger partial charge on any atom is -0.497 e. The number of fused-ring (bicyclic) bond motifs is 1. The maximum atomic E-state index is 5.98. The third-order valence-corrected chi connectivity index (χ3v) is 3.11. The first kappa shape index (κ1) is 14.7. The van der Waals surface area contributed by atoms with E-state index in [9.17, 15) is 0 Å².